The second-order valence-corrected chi connectivity index (χ2v) is 23.2. The highest BCUT2D eigenvalue weighted by Gasteiger charge is 2.66. The van der Waals surface area contributed by atoms with Crippen LogP contribution in [0.25, 0.3) is 0 Å². The van der Waals surface area contributed by atoms with Crippen molar-refractivity contribution in [1.82, 2.24) is 20.9 Å². The Morgan fingerprint density at radius 1 is 1.00 bits per heavy atom. The molecule has 4 amide bonds. The Morgan fingerprint density at radius 2 is 1.71 bits per heavy atom. The lowest BCUT2D eigenvalue weighted by Gasteiger charge is -2.62. The molecule has 4 aliphatic carbocycles. The van der Waals surface area contributed by atoms with E-state index in [9.17, 15) is 39.3 Å². The third-order valence-corrected chi connectivity index (χ3v) is 16.6. The second-order valence-electron chi connectivity index (χ2n) is 22.4. The number of allylic oxidation sites excluding steroid dienone is 5. The van der Waals surface area contributed by atoms with Crippen LogP contribution in [-0.2, 0) is 38.2 Å². The summed E-state index contributed by atoms with van der Waals surface area (Å²) in [6, 6.07) is -0.454. The molecule has 5 rings (SSSR count). The zero-order valence-corrected chi connectivity index (χ0v) is 46.6. The van der Waals surface area contributed by atoms with Crippen molar-refractivity contribution in [2.45, 2.75) is 213 Å². The van der Waals surface area contributed by atoms with Gasteiger partial charge in [0, 0.05) is 50.9 Å². The maximum absolute atomic E-state index is 12.5. The summed E-state index contributed by atoms with van der Waals surface area (Å²) >= 11 is 4.19. The van der Waals surface area contributed by atoms with E-state index in [1.54, 1.807) is 19.9 Å². The van der Waals surface area contributed by atoms with Crippen LogP contribution in [0, 0.1) is 34.0 Å². The number of nitrogens with two attached hydrogens (primary N) is 1. The van der Waals surface area contributed by atoms with Crippen LogP contribution in [0.1, 0.15) is 166 Å². The average Bonchev–Trinajstić information content (AvgIpc) is 3.60. The lowest BCUT2D eigenvalue weighted by atomic mass is 9.45. The molecule has 4 fully saturated rings. The zero-order valence-electron chi connectivity index (χ0n) is 45.7. The molecule has 1 heterocycles. The van der Waals surface area contributed by atoms with Crippen molar-refractivity contribution < 1.29 is 53.5 Å². The largest absolute Gasteiger partial charge is 0.389 e. The van der Waals surface area contributed by atoms with Gasteiger partial charge >= 0.3 is 0 Å². The van der Waals surface area contributed by atoms with Crippen molar-refractivity contribution in [3.8, 4) is 0 Å². The molecule has 0 spiro atoms. The molecule has 5 aliphatic rings. The monoisotopic (exact) mass is 1030 g/mol. The first-order chi connectivity index (χ1) is 33.8. The molecule has 72 heavy (non-hydrogen) atoms. The number of ketones is 1. The summed E-state index contributed by atoms with van der Waals surface area (Å²) in [6.45, 7) is 24.5. The highest BCUT2D eigenvalue weighted by atomic mass is 32.1. The molecule has 0 radical (unpaired) electrons. The van der Waals surface area contributed by atoms with Crippen LogP contribution in [0.5, 0.6) is 0 Å². The number of nitrogens with one attached hydrogen (secondary N) is 3. The molecule has 412 valence electrons. The summed E-state index contributed by atoms with van der Waals surface area (Å²) in [5.74, 6) is 1.17. The van der Waals surface area contributed by atoms with Crippen molar-refractivity contribution in [3.63, 3.8) is 0 Å². The number of rotatable bonds is 23. The number of fused-ring (bicyclic) bond motifs is 5. The number of amides is 4. The Balaban J connectivity index is 0.000000370. The first-order valence-electron chi connectivity index (χ1n) is 26.8. The van der Waals surface area contributed by atoms with Crippen LogP contribution < -0.4 is 21.7 Å². The van der Waals surface area contributed by atoms with Gasteiger partial charge in [0.1, 0.15) is 12.2 Å². The standard InChI is InChI=1S/C33H49NO7.C15H31N3O3S.C7H15NO/c1-5-20(7-9-22(36)6-2)24-13-16-33(39)26-10-8-21-17-23(11-14-31(21,3)25(26)12-15-32(24,33)4)41-30-29(38)28(37)27(18-40-30)34-19-35;1-12(16)7-5-6-8-17-13(20)9-14(2,3)10-21-15(4,22)18-11-19;1-4-6-8(5-2)7(3)9/h5,7,9,17,19,23-30,37-39H,6,8,10-16,18H2,1-4H3,(H,34,35);11-12,22H,5-10,16H2,1-4H3,(H,17,20)(H,18,19);4-6H2,1-3H3/b9-7-,20-5+;;. The van der Waals surface area contributed by atoms with E-state index in [4.69, 9.17) is 19.9 Å². The quantitative estimate of drug-likeness (QED) is 0.0105. The number of carbonyl (C=O) groups is 5. The highest BCUT2D eigenvalue weighted by Crippen LogP contribution is 2.69. The summed E-state index contributed by atoms with van der Waals surface area (Å²) in [5, 5.41) is 40.3. The third kappa shape index (κ3) is 16.9. The predicted octanol–water partition coefficient (Wildman–Crippen LogP) is 6.41. The lowest BCUT2D eigenvalue weighted by Crippen LogP contribution is -2.61. The van der Waals surface area contributed by atoms with Crippen LogP contribution >= 0.6 is 12.6 Å². The average molecular weight is 1030 g/mol. The van der Waals surface area contributed by atoms with Crippen molar-refractivity contribution in [1.29, 1.82) is 0 Å². The molecule has 0 aromatic heterocycles. The van der Waals surface area contributed by atoms with E-state index in [2.05, 4.69) is 61.5 Å². The Hall–Kier alpha value is -3.16. The molecular formula is C55H95N5O11S. The minimum Gasteiger partial charge on any atom is -0.389 e. The number of hydrogen-bond donors (Lipinski definition) is 8. The van der Waals surface area contributed by atoms with Gasteiger partial charge < -0.3 is 56.1 Å². The normalized spacial score (nSPS) is 32.3. The number of ether oxygens (including phenoxy) is 3. The second kappa shape index (κ2) is 28.7. The fourth-order valence-corrected chi connectivity index (χ4v) is 12.1. The van der Waals surface area contributed by atoms with E-state index in [0.29, 0.717) is 44.7 Å². The van der Waals surface area contributed by atoms with Gasteiger partial charge in [0.2, 0.25) is 24.6 Å². The molecule has 1 saturated heterocycles. The van der Waals surface area contributed by atoms with Gasteiger partial charge in [-0.25, -0.2) is 0 Å². The summed E-state index contributed by atoms with van der Waals surface area (Å²) in [6.07, 6.45) is 17.6. The maximum Gasteiger partial charge on any atom is 0.220 e. The van der Waals surface area contributed by atoms with Crippen LogP contribution in [0.4, 0.5) is 0 Å². The minimum absolute atomic E-state index is 0.00129. The Bertz CT molecular complexity index is 1860. The number of carbonyl (C=O) groups excluding carboxylic acids is 5. The van der Waals surface area contributed by atoms with E-state index in [0.717, 1.165) is 90.1 Å². The van der Waals surface area contributed by atoms with E-state index in [1.807, 2.05) is 52.5 Å². The summed E-state index contributed by atoms with van der Waals surface area (Å²) in [5.41, 5.74) is 6.91. The van der Waals surface area contributed by atoms with E-state index in [-0.39, 0.29) is 64.4 Å². The fourth-order valence-electron chi connectivity index (χ4n) is 12.0. The predicted molar refractivity (Wildman–Crippen MR) is 284 cm³/mol. The molecule has 17 heteroatoms. The summed E-state index contributed by atoms with van der Waals surface area (Å²) < 4.78 is 17.4. The molecule has 0 aromatic rings. The molecule has 13 unspecified atom stereocenters. The lowest BCUT2D eigenvalue weighted by molar-refractivity contribution is -0.261. The molecule has 0 bridgehead atoms. The van der Waals surface area contributed by atoms with Crippen LogP contribution in [-0.4, -0.2) is 131 Å². The Morgan fingerprint density at radius 3 is 2.29 bits per heavy atom. The van der Waals surface area contributed by atoms with Gasteiger partial charge in [-0.15, -0.1) is 12.6 Å². The van der Waals surface area contributed by atoms with Crippen LogP contribution in [0.2, 0.25) is 0 Å². The maximum atomic E-state index is 12.5. The van der Waals surface area contributed by atoms with Gasteiger partial charge in [0.25, 0.3) is 0 Å². The molecular weight excluding hydrogens is 939 g/mol. The topological polar surface area (TPSA) is 239 Å². The van der Waals surface area contributed by atoms with Gasteiger partial charge in [-0.2, -0.15) is 0 Å². The first kappa shape index (κ1) is 63.1. The number of thiol groups is 1. The van der Waals surface area contributed by atoms with E-state index < -0.39 is 35.2 Å². The van der Waals surface area contributed by atoms with Gasteiger partial charge in [-0.3, -0.25) is 24.0 Å². The molecule has 8 N–H and O–H groups in total. The molecule has 0 aromatic carbocycles. The third-order valence-electron chi connectivity index (χ3n) is 16.3. The minimum atomic E-state index is -1.25. The van der Waals surface area contributed by atoms with Crippen LogP contribution in [0.3, 0.4) is 0 Å². The first-order valence-corrected chi connectivity index (χ1v) is 27.3. The summed E-state index contributed by atoms with van der Waals surface area (Å²) in [4.78, 5) is 57.7. The van der Waals surface area contributed by atoms with Crippen molar-refractivity contribution in [3.05, 3.63) is 35.5 Å². The Kier molecular flexibility index (Phi) is 25.1. The molecule has 16 nitrogen and oxygen atoms in total. The van der Waals surface area contributed by atoms with E-state index >= 15 is 0 Å². The molecule has 13 atom stereocenters. The van der Waals surface area contributed by atoms with Crippen molar-refractivity contribution >= 4 is 43.0 Å². The van der Waals surface area contributed by atoms with Gasteiger partial charge in [-0.1, -0.05) is 71.8 Å². The summed E-state index contributed by atoms with van der Waals surface area (Å²) in [7, 11) is 0. The van der Waals surface area contributed by atoms with Gasteiger partial charge in [0.05, 0.1) is 31.0 Å². The number of aliphatic hydroxyl groups excluding tert-OH is 2. The highest BCUT2D eigenvalue weighted by molar-refractivity contribution is 7.81. The number of unbranched alkanes of at least 4 members (excludes halogenated alkanes) is 1. The Labute approximate surface area is 437 Å². The zero-order chi connectivity index (χ0) is 54.1. The van der Waals surface area contributed by atoms with Gasteiger partial charge in [-0.05, 0) is 139 Å². The number of nitrogens with zero attached hydrogens (tertiary/aromatic N) is 1. The molecule has 3 saturated carbocycles. The number of hydrogen-bond acceptors (Lipinski definition) is 13. The van der Waals surface area contributed by atoms with Crippen molar-refractivity contribution in [2.75, 3.05) is 32.8 Å². The molecule has 1 aliphatic heterocycles. The van der Waals surface area contributed by atoms with Crippen LogP contribution in [0.15, 0.2) is 35.5 Å². The number of aliphatic hydroxyl groups is 3. The van der Waals surface area contributed by atoms with Gasteiger partial charge in [0.15, 0.2) is 17.1 Å². The SMILES string of the molecule is C/C=C(\C=C/C(=O)CC)C1CCC2(O)C3CCC4=CC(OC5OCC(NC=O)C(O)C5O)CCC4(C)C3CCC12C.CC(N)CCCCNC(=O)CC(C)(C)COC(C)(S)NC=O.CCCN(CC)C(C)=O. The fraction of sp³-hybridized carbons (Fsp3) is 0.800. The van der Waals surface area contributed by atoms with Crippen molar-refractivity contribution in [2.24, 2.45) is 39.7 Å². The van der Waals surface area contributed by atoms with E-state index in [1.165, 1.54) is 11.1 Å². The smallest absolute Gasteiger partial charge is 0.220 e.